The van der Waals surface area contributed by atoms with Gasteiger partial charge in [-0.1, -0.05) is 0 Å². The number of halogens is 1. The van der Waals surface area contributed by atoms with E-state index in [-0.39, 0.29) is 35.0 Å². The van der Waals surface area contributed by atoms with Crippen LogP contribution in [0.3, 0.4) is 0 Å². The monoisotopic (exact) mass is 516 g/mol. The van der Waals surface area contributed by atoms with Crippen LogP contribution >= 0.6 is 11.6 Å². The van der Waals surface area contributed by atoms with Crippen molar-refractivity contribution in [2.45, 2.75) is 44.9 Å². The lowest BCUT2D eigenvalue weighted by Gasteiger charge is -2.16. The largest absolute Gasteiger partial charge is 0.432 e. The zero-order chi connectivity index (χ0) is 25.7. The second kappa shape index (κ2) is 9.05. The number of aliphatic hydroxyl groups excluding tert-OH is 2. The number of amides is 1. The zero-order valence-corrected chi connectivity index (χ0v) is 20.0. The fourth-order valence-corrected chi connectivity index (χ4v) is 4.16. The maximum absolute atomic E-state index is 12.0. The van der Waals surface area contributed by atoms with E-state index in [4.69, 9.17) is 20.8 Å². The van der Waals surface area contributed by atoms with Gasteiger partial charge in [0.25, 0.3) is 11.8 Å². The van der Waals surface area contributed by atoms with Gasteiger partial charge in [-0.2, -0.15) is 15.0 Å². The molecular formula is C21H21ClN8O6. The van der Waals surface area contributed by atoms with Crippen LogP contribution in [0.1, 0.15) is 35.1 Å². The summed E-state index contributed by atoms with van der Waals surface area (Å²) in [6.45, 7) is 3.38. The Balaban J connectivity index is 1.44. The van der Waals surface area contributed by atoms with Crippen molar-refractivity contribution < 1.29 is 29.0 Å². The summed E-state index contributed by atoms with van der Waals surface area (Å²) in [5.41, 5.74) is 2.62. The molecule has 4 atom stereocenters. The third kappa shape index (κ3) is 4.03. The molecule has 5 rings (SSSR count). The first-order chi connectivity index (χ1) is 17.2. The Morgan fingerprint density at radius 1 is 1.19 bits per heavy atom. The van der Waals surface area contributed by atoms with Gasteiger partial charge in [0, 0.05) is 14.0 Å². The molecule has 36 heavy (non-hydrogen) atoms. The number of rotatable bonds is 6. The number of aliphatic hydroxyl groups is 2. The second-order valence-corrected chi connectivity index (χ2v) is 8.56. The van der Waals surface area contributed by atoms with E-state index < -0.39 is 30.4 Å². The first-order valence-corrected chi connectivity index (χ1v) is 11.2. The Morgan fingerprint density at radius 3 is 2.69 bits per heavy atom. The summed E-state index contributed by atoms with van der Waals surface area (Å²) < 4.78 is 12.5. The van der Waals surface area contributed by atoms with Gasteiger partial charge in [-0.05, 0) is 30.2 Å². The maximum atomic E-state index is 12.0. The lowest BCUT2D eigenvalue weighted by molar-refractivity contribution is -0.137. The topological polar surface area (TPSA) is 190 Å². The molecule has 0 spiro atoms. The van der Waals surface area contributed by atoms with Crippen molar-refractivity contribution in [3.8, 4) is 0 Å². The fraction of sp³-hybridized carbons (Fsp3) is 0.381. The van der Waals surface area contributed by atoms with Crippen LogP contribution in [0.5, 0.6) is 0 Å². The third-order valence-corrected chi connectivity index (χ3v) is 5.92. The predicted molar refractivity (Wildman–Crippen MR) is 124 cm³/mol. The van der Waals surface area contributed by atoms with E-state index in [0.717, 1.165) is 5.56 Å². The number of pyridine rings is 1. The molecule has 4 N–H and O–H groups in total. The first kappa shape index (κ1) is 24.0. The first-order valence-electron chi connectivity index (χ1n) is 10.8. The standard InChI is InChI=1S/C21H21ClN8O6/c1-7-4-9(26-16-13(7)35-19(27-16)8(2)31)5-24-15-10-17(29-21(22)28-15)30(6-25-10)20-12(33)11(32)14(36-20)18(34)23-3/h4,6,11-12,14,20,32-33H,5H2,1-3H3,(H,23,34)(H,24,28,29)/t11-,12+,14-,20+/m0/s1. The van der Waals surface area contributed by atoms with Crippen LogP contribution in [-0.4, -0.2) is 76.8 Å². The number of nitrogens with zero attached hydrogens (tertiary/aromatic N) is 6. The SMILES string of the molecule is CNC(=O)[C@H]1O[C@@H](n2cnc3c(NCc4cc(C)c5oc(C(C)=O)nc5n4)nc(Cl)nc32)[C@H](O)[C@@H]1O. The number of likely N-dealkylation sites (N-methyl/N-ethyl adjacent to an activating group) is 1. The molecule has 1 fully saturated rings. The van der Waals surface area contributed by atoms with Crippen LogP contribution in [0.25, 0.3) is 22.4 Å². The number of anilines is 1. The number of carbonyl (C=O) groups is 2. The maximum Gasteiger partial charge on any atom is 0.265 e. The van der Waals surface area contributed by atoms with E-state index >= 15 is 0 Å². The number of hydrogen-bond donors (Lipinski definition) is 4. The number of ketones is 1. The van der Waals surface area contributed by atoms with Crippen LogP contribution in [-0.2, 0) is 16.1 Å². The number of imidazole rings is 1. The lowest BCUT2D eigenvalue weighted by Crippen LogP contribution is -2.41. The van der Waals surface area contributed by atoms with Gasteiger partial charge in [0.05, 0.1) is 18.6 Å². The number of carbonyl (C=O) groups excluding carboxylic acids is 2. The number of ether oxygens (including phenoxy) is 1. The number of nitrogens with one attached hydrogen (secondary N) is 2. The number of oxazole rings is 1. The van der Waals surface area contributed by atoms with Crippen molar-refractivity contribution in [3.05, 3.63) is 34.8 Å². The fourth-order valence-electron chi connectivity index (χ4n) is 3.99. The molecule has 0 unspecified atom stereocenters. The highest BCUT2D eigenvalue weighted by atomic mass is 35.5. The highest BCUT2D eigenvalue weighted by molar-refractivity contribution is 6.28. The number of fused-ring (bicyclic) bond motifs is 2. The predicted octanol–water partition coefficient (Wildman–Crippen LogP) is 0.504. The smallest absolute Gasteiger partial charge is 0.265 e. The Morgan fingerprint density at radius 2 is 1.97 bits per heavy atom. The number of aryl methyl sites for hydroxylation is 1. The minimum atomic E-state index is -1.45. The average Bonchev–Trinajstić information content (AvgIpc) is 3.54. The highest BCUT2D eigenvalue weighted by Crippen LogP contribution is 2.33. The molecule has 0 radical (unpaired) electrons. The van der Waals surface area contributed by atoms with E-state index in [1.54, 1.807) is 6.07 Å². The van der Waals surface area contributed by atoms with Gasteiger partial charge in [0.2, 0.25) is 11.1 Å². The molecule has 0 aliphatic carbocycles. The number of hydrogen-bond acceptors (Lipinski definition) is 12. The van der Waals surface area contributed by atoms with Crippen LogP contribution in [0.4, 0.5) is 5.82 Å². The molecule has 15 heteroatoms. The van der Waals surface area contributed by atoms with Crippen molar-refractivity contribution in [3.63, 3.8) is 0 Å². The molecule has 188 valence electrons. The summed E-state index contributed by atoms with van der Waals surface area (Å²) in [6, 6.07) is 1.78. The van der Waals surface area contributed by atoms with Gasteiger partial charge in [0.1, 0.15) is 12.2 Å². The van der Waals surface area contributed by atoms with Gasteiger partial charge >= 0.3 is 0 Å². The molecule has 0 saturated carbocycles. The Labute approximate surface area is 207 Å². The van der Waals surface area contributed by atoms with Crippen LogP contribution in [0.15, 0.2) is 16.8 Å². The second-order valence-electron chi connectivity index (χ2n) is 8.22. The quantitative estimate of drug-likeness (QED) is 0.205. The summed E-state index contributed by atoms with van der Waals surface area (Å²) in [4.78, 5) is 44.9. The van der Waals surface area contributed by atoms with E-state index in [0.29, 0.717) is 22.4 Å². The molecule has 1 saturated heterocycles. The van der Waals surface area contributed by atoms with Crippen molar-refractivity contribution in [1.82, 2.24) is 34.8 Å². The summed E-state index contributed by atoms with van der Waals surface area (Å²) in [5, 5.41) is 26.2. The van der Waals surface area contributed by atoms with Gasteiger partial charge in [-0.3, -0.25) is 14.2 Å². The highest BCUT2D eigenvalue weighted by Gasteiger charge is 2.47. The van der Waals surface area contributed by atoms with Gasteiger partial charge < -0.3 is 30.0 Å². The Bertz CT molecular complexity index is 1500. The normalized spacial score (nSPS) is 21.8. The molecule has 4 aromatic rings. The van der Waals surface area contributed by atoms with E-state index in [9.17, 15) is 19.8 Å². The van der Waals surface area contributed by atoms with Crippen LogP contribution in [0, 0.1) is 6.92 Å². The van der Waals surface area contributed by atoms with E-state index in [1.807, 2.05) is 6.92 Å². The van der Waals surface area contributed by atoms with Crippen molar-refractivity contribution in [2.24, 2.45) is 0 Å². The lowest BCUT2D eigenvalue weighted by atomic mass is 10.1. The van der Waals surface area contributed by atoms with Crippen molar-refractivity contribution in [1.29, 1.82) is 0 Å². The van der Waals surface area contributed by atoms with Gasteiger partial charge in [-0.25, -0.2) is 9.97 Å². The molecule has 4 aromatic heterocycles. The molecule has 1 aliphatic rings. The minimum absolute atomic E-state index is 0.0133. The van der Waals surface area contributed by atoms with Crippen molar-refractivity contribution >= 4 is 51.5 Å². The van der Waals surface area contributed by atoms with Crippen LogP contribution < -0.4 is 10.6 Å². The van der Waals surface area contributed by atoms with Crippen LogP contribution in [0.2, 0.25) is 5.28 Å². The molecular weight excluding hydrogens is 496 g/mol. The Kier molecular flexibility index (Phi) is 6.04. The molecule has 5 heterocycles. The van der Waals surface area contributed by atoms with Gasteiger partial charge in [-0.15, -0.1) is 0 Å². The zero-order valence-electron chi connectivity index (χ0n) is 19.3. The summed E-state index contributed by atoms with van der Waals surface area (Å²) in [6.07, 6.45) is -3.93. The average molecular weight is 517 g/mol. The molecule has 14 nitrogen and oxygen atoms in total. The number of Topliss-reactive ketones (excluding diaryl/α,β-unsaturated/α-hetero) is 1. The number of aromatic nitrogens is 6. The van der Waals surface area contributed by atoms with Crippen molar-refractivity contribution in [2.75, 3.05) is 12.4 Å². The summed E-state index contributed by atoms with van der Waals surface area (Å²) in [5.74, 6) is -0.610. The van der Waals surface area contributed by atoms with Gasteiger partial charge in [0.15, 0.2) is 40.5 Å². The molecule has 0 aromatic carbocycles. The molecule has 1 amide bonds. The summed E-state index contributed by atoms with van der Waals surface area (Å²) in [7, 11) is 1.40. The molecule has 0 bridgehead atoms. The summed E-state index contributed by atoms with van der Waals surface area (Å²) >= 11 is 6.15. The molecule has 1 aliphatic heterocycles. The Hall–Kier alpha value is -3.72. The van der Waals surface area contributed by atoms with E-state index in [2.05, 4.69) is 35.6 Å². The van der Waals surface area contributed by atoms with E-state index in [1.165, 1.54) is 24.9 Å². The third-order valence-electron chi connectivity index (χ3n) is 5.75. The minimum Gasteiger partial charge on any atom is -0.432 e.